The summed E-state index contributed by atoms with van der Waals surface area (Å²) in [5.41, 5.74) is 0.408. The fraction of sp³-hybridized carbons (Fsp3) is 0.667. The first-order valence-corrected chi connectivity index (χ1v) is 21.1. The van der Waals surface area contributed by atoms with Crippen LogP contribution in [-0.4, -0.2) is 85.9 Å². The number of hydrogen-bond donors (Lipinski definition) is 4. The van der Waals surface area contributed by atoms with Crippen LogP contribution in [0.3, 0.4) is 0 Å². The first-order chi connectivity index (χ1) is 24.7. The molecule has 7 atom stereocenters. The standard InChI is InChI=1S/C36H52N8O5S3/c1-9-20(8)28-35-40-24(16-52-35)30(46)42-27(19(6)7)36(49)44-12-10-11-25(44)32(48)41-26(18(4)5)34-39-22(15-51-34)29(45)37-21(13-17(2)3)33-38-23(14-50-33)31(47)43-28/h15-21,23,25-28H,9-14H2,1-8H3,(H,37,45)(H,41,48)(H,42,46)(H,43,47)/t20?,21-,23-,25-,26-,27-,28?/m0/s1. The molecule has 5 heterocycles. The number of fused-ring (bicyclic) bond motifs is 6. The summed E-state index contributed by atoms with van der Waals surface area (Å²) in [6.45, 7) is 16.2. The number of carbonyl (C=O) groups excluding carboxylic acids is 5. The lowest BCUT2D eigenvalue weighted by Crippen LogP contribution is -2.55. The molecule has 5 rings (SSSR count). The number of amides is 5. The van der Waals surface area contributed by atoms with E-state index in [1.165, 1.54) is 34.4 Å². The topological polar surface area (TPSA) is 175 Å². The summed E-state index contributed by atoms with van der Waals surface area (Å²) in [7, 11) is 0. The SMILES string of the molecule is CCC(C)C1NC(=O)[C@@H]2CSC(=N2)[C@H](CC(C)C)NC(=O)c2csc(n2)[C@H](C(C)C)NC(=O)[C@@H]2CCCN2C(=O)[C@H](C(C)C)NC(=O)c2csc1n2. The molecule has 1 saturated heterocycles. The van der Waals surface area contributed by atoms with E-state index in [1.807, 2.05) is 41.5 Å². The molecule has 3 aliphatic heterocycles. The van der Waals surface area contributed by atoms with E-state index in [0.717, 1.165) is 6.42 Å². The summed E-state index contributed by atoms with van der Waals surface area (Å²) in [4.78, 5) is 84.6. The van der Waals surface area contributed by atoms with Gasteiger partial charge in [0.15, 0.2) is 0 Å². The van der Waals surface area contributed by atoms with Gasteiger partial charge in [-0.1, -0.05) is 61.8 Å². The number of nitrogens with zero attached hydrogens (tertiary/aromatic N) is 4. The Hall–Kier alpha value is -3.37. The van der Waals surface area contributed by atoms with Gasteiger partial charge in [0.05, 0.1) is 23.2 Å². The average molecular weight is 773 g/mol. The lowest BCUT2D eigenvalue weighted by molar-refractivity contribution is -0.141. The van der Waals surface area contributed by atoms with Crippen molar-refractivity contribution in [2.45, 2.75) is 117 Å². The second kappa shape index (κ2) is 17.2. The van der Waals surface area contributed by atoms with Gasteiger partial charge < -0.3 is 26.2 Å². The molecule has 1 fully saturated rings. The van der Waals surface area contributed by atoms with Crippen LogP contribution in [0.15, 0.2) is 15.8 Å². The summed E-state index contributed by atoms with van der Waals surface area (Å²) in [6, 6.07) is -3.59. The number of carbonyl (C=O) groups is 5. The van der Waals surface area contributed by atoms with Crippen molar-refractivity contribution >= 4 is 69.0 Å². The Morgan fingerprint density at radius 1 is 0.788 bits per heavy atom. The maximum atomic E-state index is 14.1. The van der Waals surface area contributed by atoms with E-state index in [0.29, 0.717) is 46.6 Å². The molecule has 0 aliphatic carbocycles. The highest BCUT2D eigenvalue weighted by molar-refractivity contribution is 8.14. The molecule has 2 unspecified atom stereocenters. The van der Waals surface area contributed by atoms with Crippen molar-refractivity contribution in [3.8, 4) is 0 Å². The van der Waals surface area contributed by atoms with Gasteiger partial charge in [0.1, 0.15) is 39.5 Å². The third-order valence-electron chi connectivity index (χ3n) is 9.86. The number of thiazole rings is 2. The number of aliphatic imine (C=N–C) groups is 1. The van der Waals surface area contributed by atoms with Crippen LogP contribution in [0, 0.1) is 23.7 Å². The normalized spacial score (nSPS) is 27.2. The van der Waals surface area contributed by atoms with Crippen molar-refractivity contribution in [3.63, 3.8) is 0 Å². The Morgan fingerprint density at radius 2 is 1.38 bits per heavy atom. The molecule has 4 N–H and O–H groups in total. The maximum Gasteiger partial charge on any atom is 0.271 e. The molecule has 13 nitrogen and oxygen atoms in total. The predicted octanol–water partition coefficient (Wildman–Crippen LogP) is 4.73. The van der Waals surface area contributed by atoms with E-state index < -0.39 is 42.2 Å². The molecule has 0 saturated carbocycles. The van der Waals surface area contributed by atoms with E-state index in [1.54, 1.807) is 15.7 Å². The summed E-state index contributed by atoms with van der Waals surface area (Å²) in [5.74, 6) is -1.33. The van der Waals surface area contributed by atoms with Crippen molar-refractivity contribution < 1.29 is 24.0 Å². The minimum atomic E-state index is -0.881. The second-order valence-electron chi connectivity index (χ2n) is 15.1. The van der Waals surface area contributed by atoms with Gasteiger partial charge in [-0.3, -0.25) is 29.0 Å². The van der Waals surface area contributed by atoms with Gasteiger partial charge in [0.25, 0.3) is 11.8 Å². The highest BCUT2D eigenvalue weighted by Gasteiger charge is 2.40. The Balaban J connectivity index is 1.52. The van der Waals surface area contributed by atoms with Crippen LogP contribution in [0.2, 0.25) is 0 Å². The summed E-state index contributed by atoms with van der Waals surface area (Å²) >= 11 is 4.06. The zero-order valence-corrected chi connectivity index (χ0v) is 33.7. The van der Waals surface area contributed by atoms with E-state index in [2.05, 4.69) is 45.1 Å². The largest absolute Gasteiger partial charge is 0.345 e. The minimum absolute atomic E-state index is 0.0107. The van der Waals surface area contributed by atoms with Crippen LogP contribution >= 0.6 is 34.4 Å². The van der Waals surface area contributed by atoms with Crippen molar-refractivity contribution in [2.24, 2.45) is 28.7 Å². The molecule has 0 aromatic carbocycles. The van der Waals surface area contributed by atoms with Crippen LogP contribution in [-0.2, 0) is 14.4 Å². The number of aromatic nitrogens is 2. The third kappa shape index (κ3) is 9.04. The quantitative estimate of drug-likeness (QED) is 0.326. The van der Waals surface area contributed by atoms with Crippen LogP contribution < -0.4 is 21.3 Å². The van der Waals surface area contributed by atoms with Crippen LogP contribution in [0.5, 0.6) is 0 Å². The van der Waals surface area contributed by atoms with E-state index in [4.69, 9.17) is 4.99 Å². The molecule has 6 bridgehead atoms. The third-order valence-corrected chi connectivity index (χ3v) is 12.9. The van der Waals surface area contributed by atoms with Gasteiger partial charge in [-0.25, -0.2) is 9.97 Å². The van der Waals surface area contributed by atoms with Gasteiger partial charge in [0.2, 0.25) is 17.7 Å². The predicted molar refractivity (Wildman–Crippen MR) is 206 cm³/mol. The highest BCUT2D eigenvalue weighted by atomic mass is 32.2. The molecule has 5 amide bonds. The maximum absolute atomic E-state index is 14.1. The van der Waals surface area contributed by atoms with Gasteiger partial charge in [-0.15, -0.1) is 34.4 Å². The monoisotopic (exact) mass is 772 g/mol. The fourth-order valence-corrected chi connectivity index (χ4v) is 9.73. The minimum Gasteiger partial charge on any atom is -0.345 e. The summed E-state index contributed by atoms with van der Waals surface area (Å²) in [6.07, 6.45) is 2.52. The molecule has 2 aromatic rings. The molecule has 284 valence electrons. The Labute approximate surface area is 318 Å². The molecular formula is C36H52N8O5S3. The number of hydrogen-bond acceptors (Lipinski definition) is 11. The Bertz CT molecular complexity index is 1670. The van der Waals surface area contributed by atoms with Gasteiger partial charge in [0, 0.05) is 23.1 Å². The van der Waals surface area contributed by atoms with E-state index in [-0.39, 0.29) is 58.7 Å². The van der Waals surface area contributed by atoms with Crippen molar-refractivity contribution in [1.82, 2.24) is 36.1 Å². The van der Waals surface area contributed by atoms with Crippen molar-refractivity contribution in [3.05, 3.63) is 32.2 Å². The van der Waals surface area contributed by atoms with Crippen LogP contribution in [0.4, 0.5) is 0 Å². The molecule has 0 radical (unpaired) electrons. The van der Waals surface area contributed by atoms with Gasteiger partial charge >= 0.3 is 0 Å². The Kier molecular flexibility index (Phi) is 13.2. The number of nitrogens with one attached hydrogen (secondary N) is 4. The molecule has 52 heavy (non-hydrogen) atoms. The fourth-order valence-electron chi connectivity index (χ4n) is 6.62. The molecular weight excluding hydrogens is 721 g/mol. The first kappa shape index (κ1) is 39.8. The Morgan fingerprint density at radius 3 is 1.98 bits per heavy atom. The first-order valence-electron chi connectivity index (χ1n) is 18.3. The van der Waals surface area contributed by atoms with E-state index in [9.17, 15) is 24.0 Å². The van der Waals surface area contributed by atoms with E-state index >= 15 is 0 Å². The van der Waals surface area contributed by atoms with Crippen LogP contribution in [0.25, 0.3) is 0 Å². The molecule has 2 aromatic heterocycles. The van der Waals surface area contributed by atoms with Crippen molar-refractivity contribution in [1.29, 1.82) is 0 Å². The smallest absolute Gasteiger partial charge is 0.271 e. The second-order valence-corrected chi connectivity index (χ2v) is 17.9. The summed E-state index contributed by atoms with van der Waals surface area (Å²) in [5, 5.41) is 17.5. The number of thioether (sulfide) groups is 1. The summed E-state index contributed by atoms with van der Waals surface area (Å²) < 4.78 is 0. The molecule has 3 aliphatic rings. The van der Waals surface area contributed by atoms with Crippen molar-refractivity contribution in [2.75, 3.05) is 12.3 Å². The van der Waals surface area contributed by atoms with Crippen LogP contribution in [0.1, 0.15) is 124 Å². The zero-order valence-electron chi connectivity index (χ0n) is 31.2. The van der Waals surface area contributed by atoms with Gasteiger partial charge in [-0.2, -0.15) is 0 Å². The lowest BCUT2D eigenvalue weighted by atomic mass is 9.99. The zero-order chi connectivity index (χ0) is 37.9. The highest BCUT2D eigenvalue weighted by Crippen LogP contribution is 2.31. The average Bonchev–Trinajstić information content (AvgIpc) is 3.93. The lowest BCUT2D eigenvalue weighted by Gasteiger charge is -2.31. The molecule has 16 heteroatoms. The number of rotatable bonds is 6. The van der Waals surface area contributed by atoms with Gasteiger partial charge in [-0.05, 0) is 42.9 Å². The molecule has 0 spiro atoms.